The molecule has 17 heavy (non-hydrogen) atoms. The Morgan fingerprint density at radius 2 is 2.12 bits per heavy atom. The summed E-state index contributed by atoms with van der Waals surface area (Å²) in [5.74, 6) is 0.194. The zero-order valence-electron chi connectivity index (χ0n) is 8.61. The fourth-order valence-corrected chi connectivity index (χ4v) is 3.62. The highest BCUT2D eigenvalue weighted by Crippen LogP contribution is 2.33. The first-order valence-electron chi connectivity index (χ1n) is 4.79. The van der Waals surface area contributed by atoms with Crippen molar-refractivity contribution in [2.75, 3.05) is 12.4 Å². The summed E-state index contributed by atoms with van der Waals surface area (Å²) in [7, 11) is -3.80. The highest BCUT2D eigenvalue weighted by Gasteiger charge is 2.46. The second kappa shape index (κ2) is 4.25. The van der Waals surface area contributed by atoms with Crippen LogP contribution in [0.5, 0.6) is 0 Å². The van der Waals surface area contributed by atoms with Gasteiger partial charge in [0.05, 0.1) is 11.0 Å². The van der Waals surface area contributed by atoms with Gasteiger partial charge in [0.15, 0.2) is 4.90 Å². The molecule has 1 saturated heterocycles. The number of benzene rings is 1. The fourth-order valence-electron chi connectivity index (χ4n) is 1.53. The minimum absolute atomic E-state index is 0.194. The molecule has 8 heteroatoms. The zero-order valence-corrected chi connectivity index (χ0v) is 10.2. The van der Waals surface area contributed by atoms with Gasteiger partial charge in [0.25, 0.3) is 5.69 Å². The Morgan fingerprint density at radius 3 is 2.65 bits per heavy atom. The van der Waals surface area contributed by atoms with Crippen LogP contribution < -0.4 is 0 Å². The number of alkyl halides is 1. The van der Waals surface area contributed by atoms with Gasteiger partial charge in [-0.1, -0.05) is 12.1 Å². The van der Waals surface area contributed by atoms with E-state index >= 15 is 0 Å². The van der Waals surface area contributed by atoms with Crippen molar-refractivity contribution in [3.63, 3.8) is 0 Å². The molecular formula is C9H9ClN2O4S. The second-order valence-electron chi connectivity index (χ2n) is 3.61. The van der Waals surface area contributed by atoms with Crippen LogP contribution in [0, 0.1) is 10.1 Å². The summed E-state index contributed by atoms with van der Waals surface area (Å²) in [4.78, 5) is 9.78. The van der Waals surface area contributed by atoms with Crippen molar-refractivity contribution in [3.05, 3.63) is 34.4 Å². The number of halogens is 1. The van der Waals surface area contributed by atoms with E-state index in [1.807, 2.05) is 0 Å². The highest BCUT2D eigenvalue weighted by molar-refractivity contribution is 7.89. The summed E-state index contributed by atoms with van der Waals surface area (Å²) in [6.07, 6.45) is 0. The molecule has 0 saturated carbocycles. The standard InChI is InChI=1S/C9H9ClN2O4S/c10-5-7-6-11(7)17(15,16)9-4-2-1-3-8(9)12(13)14/h1-4,7H,5-6H2/t7-,11?/m1/s1. The van der Waals surface area contributed by atoms with Gasteiger partial charge in [0, 0.05) is 18.5 Å². The van der Waals surface area contributed by atoms with Crippen LogP contribution in [-0.4, -0.2) is 36.1 Å². The first-order chi connectivity index (χ1) is 7.98. The van der Waals surface area contributed by atoms with Crippen molar-refractivity contribution in [3.8, 4) is 0 Å². The lowest BCUT2D eigenvalue weighted by atomic mass is 10.3. The SMILES string of the molecule is O=[N+]([O-])c1ccccc1S(=O)(=O)N1C[C@H]1CCl. The van der Waals surface area contributed by atoms with Crippen LogP contribution in [-0.2, 0) is 10.0 Å². The minimum Gasteiger partial charge on any atom is -0.258 e. The number of hydrogen-bond donors (Lipinski definition) is 0. The van der Waals surface area contributed by atoms with Gasteiger partial charge in [0.1, 0.15) is 0 Å². The van der Waals surface area contributed by atoms with Crippen LogP contribution in [0.2, 0.25) is 0 Å². The quantitative estimate of drug-likeness (QED) is 0.358. The molecule has 0 bridgehead atoms. The minimum atomic E-state index is -3.80. The molecule has 0 amide bonds. The van der Waals surface area contributed by atoms with Gasteiger partial charge in [-0.05, 0) is 6.07 Å². The summed E-state index contributed by atoms with van der Waals surface area (Å²) < 4.78 is 25.3. The van der Waals surface area contributed by atoms with E-state index < -0.39 is 20.6 Å². The van der Waals surface area contributed by atoms with Crippen molar-refractivity contribution in [2.45, 2.75) is 10.9 Å². The third-order valence-electron chi connectivity index (χ3n) is 2.49. The van der Waals surface area contributed by atoms with Crippen LogP contribution in [0.3, 0.4) is 0 Å². The Hall–Kier alpha value is -1.18. The van der Waals surface area contributed by atoms with Crippen molar-refractivity contribution >= 4 is 27.3 Å². The number of para-hydroxylation sites is 1. The van der Waals surface area contributed by atoms with Gasteiger partial charge in [-0.3, -0.25) is 10.1 Å². The fraction of sp³-hybridized carbons (Fsp3) is 0.333. The molecule has 1 aliphatic rings. The number of hydrogen-bond acceptors (Lipinski definition) is 4. The Balaban J connectivity index is 2.44. The third kappa shape index (κ3) is 2.13. The predicted octanol–water partition coefficient (Wildman–Crippen LogP) is 1.21. The summed E-state index contributed by atoms with van der Waals surface area (Å²) in [5, 5.41) is 10.8. The molecule has 0 aliphatic carbocycles. The molecule has 1 aromatic rings. The van der Waals surface area contributed by atoms with E-state index in [-0.39, 0.29) is 16.8 Å². The lowest BCUT2D eigenvalue weighted by molar-refractivity contribution is -0.387. The van der Waals surface area contributed by atoms with Gasteiger partial charge in [-0.15, -0.1) is 11.6 Å². The Kier molecular flexibility index (Phi) is 3.07. The molecule has 92 valence electrons. The van der Waals surface area contributed by atoms with E-state index in [9.17, 15) is 18.5 Å². The normalized spacial score (nSPS) is 23.4. The lowest BCUT2D eigenvalue weighted by Gasteiger charge is -2.05. The number of nitro groups is 1. The molecule has 2 rings (SSSR count). The Labute approximate surface area is 103 Å². The third-order valence-corrected chi connectivity index (χ3v) is 4.81. The van der Waals surface area contributed by atoms with Crippen LogP contribution in [0.4, 0.5) is 5.69 Å². The largest absolute Gasteiger partial charge is 0.289 e. The zero-order chi connectivity index (χ0) is 12.6. The Bertz CT molecular complexity index is 560. The number of nitro benzene ring substituents is 1. The summed E-state index contributed by atoms with van der Waals surface area (Å²) in [6, 6.07) is 5.04. The lowest BCUT2D eigenvalue weighted by Crippen LogP contribution is -2.16. The molecule has 1 aromatic carbocycles. The van der Waals surface area contributed by atoms with E-state index in [4.69, 9.17) is 11.6 Å². The summed E-state index contributed by atoms with van der Waals surface area (Å²) in [5.41, 5.74) is -0.410. The van der Waals surface area contributed by atoms with Crippen molar-refractivity contribution in [1.82, 2.24) is 4.31 Å². The smallest absolute Gasteiger partial charge is 0.258 e. The maximum absolute atomic E-state index is 12.1. The van der Waals surface area contributed by atoms with E-state index in [1.165, 1.54) is 24.3 Å². The van der Waals surface area contributed by atoms with Crippen molar-refractivity contribution in [1.29, 1.82) is 0 Å². The molecule has 1 fully saturated rings. The van der Waals surface area contributed by atoms with Gasteiger partial charge in [0.2, 0.25) is 10.0 Å². The maximum Gasteiger partial charge on any atom is 0.289 e. The first kappa shape index (κ1) is 12.3. The maximum atomic E-state index is 12.1. The molecule has 1 aliphatic heterocycles. The topological polar surface area (TPSA) is 80.3 Å². The average Bonchev–Trinajstić information content (AvgIpc) is 3.08. The molecular weight excluding hydrogens is 268 g/mol. The molecule has 2 atom stereocenters. The number of sulfonamides is 1. The molecule has 6 nitrogen and oxygen atoms in total. The second-order valence-corrected chi connectivity index (χ2v) is 5.78. The van der Waals surface area contributed by atoms with Gasteiger partial charge >= 0.3 is 0 Å². The molecule has 0 spiro atoms. The van der Waals surface area contributed by atoms with Crippen molar-refractivity contribution < 1.29 is 13.3 Å². The molecule has 0 N–H and O–H groups in total. The number of nitrogens with zero attached hydrogens (tertiary/aromatic N) is 2. The van der Waals surface area contributed by atoms with Crippen LogP contribution >= 0.6 is 11.6 Å². The van der Waals surface area contributed by atoms with Gasteiger partial charge in [-0.25, -0.2) is 8.42 Å². The van der Waals surface area contributed by atoms with Crippen LogP contribution in [0.25, 0.3) is 0 Å². The molecule has 0 aromatic heterocycles. The summed E-state index contributed by atoms with van der Waals surface area (Å²) >= 11 is 5.55. The van der Waals surface area contributed by atoms with Crippen LogP contribution in [0.1, 0.15) is 0 Å². The van der Waals surface area contributed by atoms with Gasteiger partial charge < -0.3 is 0 Å². The van der Waals surface area contributed by atoms with E-state index in [0.717, 1.165) is 4.31 Å². The number of rotatable bonds is 4. The molecule has 0 radical (unpaired) electrons. The van der Waals surface area contributed by atoms with Crippen molar-refractivity contribution in [2.24, 2.45) is 0 Å². The predicted molar refractivity (Wildman–Crippen MR) is 61.5 cm³/mol. The van der Waals surface area contributed by atoms with E-state index in [0.29, 0.717) is 6.54 Å². The van der Waals surface area contributed by atoms with Crippen LogP contribution in [0.15, 0.2) is 29.2 Å². The van der Waals surface area contributed by atoms with E-state index in [1.54, 1.807) is 0 Å². The van der Waals surface area contributed by atoms with Gasteiger partial charge in [-0.2, -0.15) is 4.31 Å². The average molecular weight is 277 g/mol. The molecule has 1 heterocycles. The highest BCUT2D eigenvalue weighted by atomic mass is 35.5. The Morgan fingerprint density at radius 1 is 1.47 bits per heavy atom. The van der Waals surface area contributed by atoms with E-state index in [2.05, 4.69) is 0 Å². The monoisotopic (exact) mass is 276 g/mol. The molecule has 1 unspecified atom stereocenters. The first-order valence-corrected chi connectivity index (χ1v) is 6.77. The summed E-state index contributed by atoms with van der Waals surface area (Å²) in [6.45, 7) is 0.317.